The first-order valence-corrected chi connectivity index (χ1v) is 6.30. The van der Waals surface area contributed by atoms with Gasteiger partial charge in [-0.15, -0.1) is 6.58 Å². The fraction of sp³-hybridized carbons (Fsp3) is 0.182. The van der Waals surface area contributed by atoms with E-state index in [4.69, 9.17) is 5.11 Å². The van der Waals surface area contributed by atoms with Gasteiger partial charge in [0.25, 0.3) is 0 Å². The topological polar surface area (TPSA) is 74.7 Å². The lowest BCUT2D eigenvalue weighted by Gasteiger charge is -2.18. The molecule has 0 aliphatic carbocycles. The summed E-state index contributed by atoms with van der Waals surface area (Å²) in [5, 5.41) is 8.68. The predicted molar refractivity (Wildman–Crippen MR) is 63.0 cm³/mol. The van der Waals surface area contributed by atoms with Crippen LogP contribution >= 0.6 is 0 Å². The van der Waals surface area contributed by atoms with Gasteiger partial charge >= 0.3 is 5.97 Å². The summed E-state index contributed by atoms with van der Waals surface area (Å²) in [5.41, 5.74) is 0. The van der Waals surface area contributed by atoms with Crippen LogP contribution in [-0.4, -0.2) is 36.9 Å². The number of benzene rings is 1. The lowest BCUT2D eigenvalue weighted by Crippen LogP contribution is -2.35. The highest BCUT2D eigenvalue weighted by Crippen LogP contribution is 2.14. The summed E-state index contributed by atoms with van der Waals surface area (Å²) in [6, 6.07) is 7.70. The van der Waals surface area contributed by atoms with E-state index in [1.807, 2.05) is 0 Å². The molecule has 0 aliphatic heterocycles. The second-order valence-corrected chi connectivity index (χ2v) is 5.23. The molecule has 0 amide bonds. The molecule has 0 heterocycles. The van der Waals surface area contributed by atoms with Crippen molar-refractivity contribution in [2.75, 3.05) is 13.1 Å². The van der Waals surface area contributed by atoms with Crippen LogP contribution in [0.4, 0.5) is 0 Å². The highest BCUT2D eigenvalue weighted by molar-refractivity contribution is 7.89. The van der Waals surface area contributed by atoms with Gasteiger partial charge in [-0.05, 0) is 12.1 Å². The van der Waals surface area contributed by atoms with Crippen molar-refractivity contribution in [1.29, 1.82) is 0 Å². The van der Waals surface area contributed by atoms with Crippen LogP contribution in [0.2, 0.25) is 0 Å². The molecular weight excluding hydrogens is 242 g/mol. The Bertz CT molecular complexity index is 495. The average Bonchev–Trinajstić information content (AvgIpc) is 2.29. The van der Waals surface area contributed by atoms with E-state index in [0.29, 0.717) is 0 Å². The summed E-state index contributed by atoms with van der Waals surface area (Å²) in [5.74, 6) is -1.20. The third kappa shape index (κ3) is 3.40. The van der Waals surface area contributed by atoms with Crippen LogP contribution in [0.25, 0.3) is 0 Å². The summed E-state index contributed by atoms with van der Waals surface area (Å²) in [6.45, 7) is 2.80. The molecule has 1 N–H and O–H groups in total. The van der Waals surface area contributed by atoms with Crippen LogP contribution in [-0.2, 0) is 14.8 Å². The second-order valence-electron chi connectivity index (χ2n) is 3.29. The fourth-order valence-electron chi connectivity index (χ4n) is 1.28. The maximum atomic E-state index is 12.1. The highest BCUT2D eigenvalue weighted by atomic mass is 32.2. The van der Waals surface area contributed by atoms with Gasteiger partial charge in [0.1, 0.15) is 6.54 Å². The maximum absolute atomic E-state index is 12.1. The van der Waals surface area contributed by atoms with Crippen molar-refractivity contribution < 1.29 is 18.3 Å². The lowest BCUT2D eigenvalue weighted by atomic mass is 10.4. The van der Waals surface area contributed by atoms with Gasteiger partial charge in [-0.3, -0.25) is 4.79 Å². The molecule has 0 spiro atoms. The second kappa shape index (κ2) is 5.60. The molecule has 0 unspecified atom stereocenters. The lowest BCUT2D eigenvalue weighted by molar-refractivity contribution is -0.137. The van der Waals surface area contributed by atoms with E-state index in [2.05, 4.69) is 6.58 Å². The molecule has 0 saturated carbocycles. The molecule has 5 nitrogen and oxygen atoms in total. The molecule has 6 heteroatoms. The number of sulfonamides is 1. The highest BCUT2D eigenvalue weighted by Gasteiger charge is 2.24. The van der Waals surface area contributed by atoms with E-state index < -0.39 is 22.5 Å². The van der Waals surface area contributed by atoms with Crippen molar-refractivity contribution in [1.82, 2.24) is 4.31 Å². The minimum absolute atomic E-state index is 0.0382. The zero-order valence-corrected chi connectivity index (χ0v) is 9.93. The maximum Gasteiger partial charge on any atom is 0.318 e. The zero-order valence-electron chi connectivity index (χ0n) is 9.11. The smallest absolute Gasteiger partial charge is 0.318 e. The number of nitrogens with zero attached hydrogens (tertiary/aromatic N) is 1. The third-order valence-corrected chi connectivity index (χ3v) is 3.85. The normalized spacial score (nSPS) is 11.4. The monoisotopic (exact) mass is 255 g/mol. The number of aliphatic carboxylic acids is 1. The molecule has 0 saturated heterocycles. The van der Waals surface area contributed by atoms with Crippen LogP contribution < -0.4 is 0 Å². The van der Waals surface area contributed by atoms with Gasteiger partial charge < -0.3 is 5.11 Å². The van der Waals surface area contributed by atoms with Crippen molar-refractivity contribution in [3.8, 4) is 0 Å². The Kier molecular flexibility index (Phi) is 4.42. The van der Waals surface area contributed by atoms with Gasteiger partial charge in [0.05, 0.1) is 4.90 Å². The molecule has 0 aromatic heterocycles. The molecule has 0 radical (unpaired) electrons. The Balaban J connectivity index is 3.08. The minimum Gasteiger partial charge on any atom is -0.480 e. The molecule has 17 heavy (non-hydrogen) atoms. The molecule has 1 aromatic rings. The van der Waals surface area contributed by atoms with Crippen molar-refractivity contribution in [3.63, 3.8) is 0 Å². The van der Waals surface area contributed by atoms with E-state index in [-0.39, 0.29) is 11.4 Å². The van der Waals surface area contributed by atoms with Gasteiger partial charge in [0, 0.05) is 6.54 Å². The first-order chi connectivity index (χ1) is 7.98. The van der Waals surface area contributed by atoms with Gasteiger partial charge in [-0.25, -0.2) is 8.42 Å². The molecule has 0 atom stereocenters. The number of carbonyl (C=O) groups is 1. The number of hydrogen-bond acceptors (Lipinski definition) is 3. The first-order valence-electron chi connectivity index (χ1n) is 4.86. The Morgan fingerprint density at radius 3 is 2.41 bits per heavy atom. The molecule has 0 aliphatic rings. The molecule has 92 valence electrons. The number of hydrogen-bond donors (Lipinski definition) is 1. The van der Waals surface area contributed by atoms with Gasteiger partial charge in [0.2, 0.25) is 10.0 Å². The standard InChI is InChI=1S/C11H13NO4S/c1-2-8-12(9-11(13)14)17(15,16)10-6-4-3-5-7-10/h2-7H,1,8-9H2,(H,13,14). The van der Waals surface area contributed by atoms with Gasteiger partial charge in [0.15, 0.2) is 0 Å². The first kappa shape index (κ1) is 13.4. The van der Waals surface area contributed by atoms with E-state index in [0.717, 1.165) is 4.31 Å². The van der Waals surface area contributed by atoms with Crippen LogP contribution in [0.1, 0.15) is 0 Å². The molecule has 1 rings (SSSR count). The van der Waals surface area contributed by atoms with E-state index in [1.165, 1.54) is 18.2 Å². The molecule has 1 aromatic carbocycles. The Morgan fingerprint density at radius 1 is 1.35 bits per heavy atom. The van der Waals surface area contributed by atoms with Crippen molar-refractivity contribution >= 4 is 16.0 Å². The Labute approximate surface area is 100 Å². The largest absolute Gasteiger partial charge is 0.480 e. The average molecular weight is 255 g/mol. The quantitative estimate of drug-likeness (QED) is 0.768. The number of rotatable bonds is 6. The summed E-state index contributed by atoms with van der Waals surface area (Å²) in [7, 11) is -3.78. The molecule has 0 bridgehead atoms. The fourth-order valence-corrected chi connectivity index (χ4v) is 2.67. The Hall–Kier alpha value is -1.66. The van der Waals surface area contributed by atoms with Crippen molar-refractivity contribution in [2.45, 2.75) is 4.90 Å². The minimum atomic E-state index is -3.78. The Morgan fingerprint density at radius 2 is 1.94 bits per heavy atom. The SMILES string of the molecule is C=CCN(CC(=O)O)S(=O)(=O)c1ccccc1. The van der Waals surface area contributed by atoms with Crippen LogP contribution in [0, 0.1) is 0 Å². The molecular formula is C11H13NO4S. The predicted octanol–water partition coefficient (Wildman–Crippen LogP) is 0.948. The third-order valence-electron chi connectivity index (χ3n) is 2.03. The molecule has 0 fully saturated rings. The van der Waals surface area contributed by atoms with Crippen LogP contribution in [0.15, 0.2) is 47.9 Å². The number of carboxylic acids is 1. The van der Waals surface area contributed by atoms with Crippen LogP contribution in [0.3, 0.4) is 0 Å². The van der Waals surface area contributed by atoms with E-state index in [1.54, 1.807) is 18.2 Å². The summed E-state index contributed by atoms with van der Waals surface area (Å²) >= 11 is 0. The zero-order chi connectivity index (χ0) is 12.9. The van der Waals surface area contributed by atoms with Gasteiger partial charge in [-0.1, -0.05) is 24.3 Å². The number of carboxylic acid groups (broad SMARTS) is 1. The van der Waals surface area contributed by atoms with Crippen LogP contribution in [0.5, 0.6) is 0 Å². The van der Waals surface area contributed by atoms with E-state index >= 15 is 0 Å². The van der Waals surface area contributed by atoms with Gasteiger partial charge in [-0.2, -0.15) is 4.31 Å². The summed E-state index contributed by atoms with van der Waals surface area (Å²) in [6.07, 6.45) is 1.35. The summed E-state index contributed by atoms with van der Waals surface area (Å²) in [4.78, 5) is 10.7. The van der Waals surface area contributed by atoms with E-state index in [9.17, 15) is 13.2 Å². The summed E-state index contributed by atoms with van der Waals surface area (Å²) < 4.78 is 25.0. The van der Waals surface area contributed by atoms with Crippen molar-refractivity contribution in [2.24, 2.45) is 0 Å². The van der Waals surface area contributed by atoms with Crippen molar-refractivity contribution in [3.05, 3.63) is 43.0 Å².